The summed E-state index contributed by atoms with van der Waals surface area (Å²) in [6.07, 6.45) is -4.25. The average molecular weight is 336 g/mol. The molecule has 2 N–H and O–H groups in total. The van der Waals surface area contributed by atoms with Crippen molar-refractivity contribution in [2.24, 2.45) is 0 Å². The van der Waals surface area contributed by atoms with Crippen molar-refractivity contribution >= 4 is 11.6 Å². The van der Waals surface area contributed by atoms with Crippen molar-refractivity contribution in [3.63, 3.8) is 0 Å². The van der Waals surface area contributed by atoms with Crippen LogP contribution >= 0.6 is 0 Å². The summed E-state index contributed by atoms with van der Waals surface area (Å²) < 4.78 is 37.9. The lowest BCUT2D eigenvalue weighted by Crippen LogP contribution is -2.24. The molecule has 0 bridgehead atoms. The first-order chi connectivity index (χ1) is 11.4. The summed E-state index contributed by atoms with van der Waals surface area (Å²) in [6.45, 7) is 2.42. The minimum Gasteiger partial charge on any atom is -0.326 e. The Kier molecular flexibility index (Phi) is 5.98. The van der Waals surface area contributed by atoms with E-state index >= 15 is 0 Å². The molecule has 0 aliphatic carbocycles. The van der Waals surface area contributed by atoms with Crippen LogP contribution in [-0.2, 0) is 11.0 Å². The molecule has 1 unspecified atom stereocenters. The van der Waals surface area contributed by atoms with Gasteiger partial charge in [0.1, 0.15) is 0 Å². The number of carbonyl (C=O) groups excluding carboxylic acids is 1. The second kappa shape index (κ2) is 7.97. The minimum absolute atomic E-state index is 0.0903. The van der Waals surface area contributed by atoms with Crippen molar-refractivity contribution in [3.05, 3.63) is 65.7 Å². The Balaban J connectivity index is 1.81. The van der Waals surface area contributed by atoms with Crippen LogP contribution in [0.25, 0.3) is 0 Å². The molecule has 0 aliphatic rings. The predicted molar refractivity (Wildman–Crippen MR) is 87.6 cm³/mol. The number of hydrogen-bond donors (Lipinski definition) is 2. The molecule has 0 aliphatic heterocycles. The Bertz CT molecular complexity index is 671. The molecule has 3 nitrogen and oxygen atoms in total. The smallest absolute Gasteiger partial charge is 0.326 e. The number of amides is 1. The van der Waals surface area contributed by atoms with Crippen molar-refractivity contribution in [3.8, 4) is 0 Å². The highest BCUT2D eigenvalue weighted by Gasteiger charge is 2.30. The molecule has 0 fully saturated rings. The molecule has 0 radical (unpaired) electrons. The van der Waals surface area contributed by atoms with E-state index in [4.69, 9.17) is 0 Å². The average Bonchev–Trinajstić information content (AvgIpc) is 2.55. The third-order valence-electron chi connectivity index (χ3n) is 3.58. The SMILES string of the molecule is CC(NCCC(=O)Nc1cccc(C(F)(F)F)c1)c1ccccc1. The van der Waals surface area contributed by atoms with Crippen LogP contribution in [0.3, 0.4) is 0 Å². The Hall–Kier alpha value is -2.34. The molecular formula is C18H19F3N2O. The number of carbonyl (C=O) groups is 1. The van der Waals surface area contributed by atoms with Crippen LogP contribution in [0, 0.1) is 0 Å². The molecule has 1 amide bonds. The zero-order valence-electron chi connectivity index (χ0n) is 13.2. The summed E-state index contributed by atoms with van der Waals surface area (Å²) in [4.78, 5) is 11.9. The minimum atomic E-state index is -4.42. The maximum absolute atomic E-state index is 12.6. The van der Waals surface area contributed by atoms with E-state index in [0.717, 1.165) is 17.7 Å². The van der Waals surface area contributed by atoms with Gasteiger partial charge in [-0.05, 0) is 30.7 Å². The van der Waals surface area contributed by atoms with E-state index in [2.05, 4.69) is 10.6 Å². The van der Waals surface area contributed by atoms with Crippen LogP contribution in [0.4, 0.5) is 18.9 Å². The Morgan fingerprint density at radius 1 is 1.08 bits per heavy atom. The molecule has 0 aromatic heterocycles. The number of hydrogen-bond acceptors (Lipinski definition) is 2. The second-order valence-corrected chi connectivity index (χ2v) is 5.46. The van der Waals surface area contributed by atoms with Gasteiger partial charge in [-0.3, -0.25) is 4.79 Å². The first kappa shape index (κ1) is 18.0. The molecule has 2 aromatic carbocycles. The molecule has 24 heavy (non-hydrogen) atoms. The lowest BCUT2D eigenvalue weighted by Gasteiger charge is -2.14. The summed E-state index contributed by atoms with van der Waals surface area (Å²) in [5.41, 5.74) is 0.470. The molecule has 128 valence electrons. The molecule has 0 saturated carbocycles. The number of benzene rings is 2. The van der Waals surface area contributed by atoms with Gasteiger partial charge >= 0.3 is 6.18 Å². The van der Waals surface area contributed by atoms with Crippen molar-refractivity contribution in [2.45, 2.75) is 25.6 Å². The summed E-state index contributed by atoms with van der Waals surface area (Å²) in [5, 5.41) is 5.70. The van der Waals surface area contributed by atoms with Gasteiger partial charge in [0.25, 0.3) is 0 Å². The monoisotopic (exact) mass is 336 g/mol. The van der Waals surface area contributed by atoms with Gasteiger partial charge in [-0.15, -0.1) is 0 Å². The van der Waals surface area contributed by atoms with E-state index in [1.54, 1.807) is 0 Å². The molecule has 6 heteroatoms. The van der Waals surface area contributed by atoms with Gasteiger partial charge in [-0.2, -0.15) is 13.2 Å². The Morgan fingerprint density at radius 3 is 2.46 bits per heavy atom. The first-order valence-corrected chi connectivity index (χ1v) is 7.61. The molecule has 0 saturated heterocycles. The van der Waals surface area contributed by atoms with Gasteiger partial charge in [0, 0.05) is 24.7 Å². The quantitative estimate of drug-likeness (QED) is 0.822. The number of halogens is 3. The third kappa shape index (κ3) is 5.38. The molecule has 1 atom stereocenters. The van der Waals surface area contributed by atoms with Gasteiger partial charge in [0.2, 0.25) is 5.91 Å². The van der Waals surface area contributed by atoms with Crippen LogP contribution in [0.15, 0.2) is 54.6 Å². The Labute approximate surface area is 138 Å². The molecule has 0 spiro atoms. The number of nitrogens with one attached hydrogen (secondary N) is 2. The van der Waals surface area contributed by atoms with Crippen LogP contribution in [0.2, 0.25) is 0 Å². The van der Waals surface area contributed by atoms with Gasteiger partial charge in [0.15, 0.2) is 0 Å². The predicted octanol–water partition coefficient (Wildman–Crippen LogP) is 4.38. The maximum Gasteiger partial charge on any atom is 0.416 e. The van der Waals surface area contributed by atoms with Crippen molar-refractivity contribution in [1.29, 1.82) is 0 Å². The van der Waals surface area contributed by atoms with E-state index in [-0.39, 0.29) is 24.1 Å². The highest BCUT2D eigenvalue weighted by Crippen LogP contribution is 2.30. The zero-order chi connectivity index (χ0) is 17.6. The van der Waals surface area contributed by atoms with Gasteiger partial charge in [0.05, 0.1) is 5.56 Å². The van der Waals surface area contributed by atoms with E-state index in [1.807, 2.05) is 37.3 Å². The zero-order valence-corrected chi connectivity index (χ0v) is 13.2. The molecule has 0 heterocycles. The van der Waals surface area contributed by atoms with E-state index in [1.165, 1.54) is 12.1 Å². The number of anilines is 1. The fourth-order valence-electron chi connectivity index (χ4n) is 2.26. The van der Waals surface area contributed by atoms with Crippen LogP contribution in [0.5, 0.6) is 0 Å². The van der Waals surface area contributed by atoms with E-state index in [9.17, 15) is 18.0 Å². The summed E-state index contributed by atoms with van der Waals surface area (Å²) in [7, 11) is 0. The summed E-state index contributed by atoms with van der Waals surface area (Å²) in [6, 6.07) is 14.5. The fourth-order valence-corrected chi connectivity index (χ4v) is 2.26. The third-order valence-corrected chi connectivity index (χ3v) is 3.58. The standard InChI is InChI=1S/C18H19F3N2O/c1-13(14-6-3-2-4-7-14)22-11-10-17(24)23-16-9-5-8-15(12-16)18(19,20)21/h2-9,12-13,22H,10-11H2,1H3,(H,23,24). The largest absolute Gasteiger partial charge is 0.416 e. The highest BCUT2D eigenvalue weighted by molar-refractivity contribution is 5.90. The van der Waals surface area contributed by atoms with Crippen molar-refractivity contribution in [1.82, 2.24) is 5.32 Å². The topological polar surface area (TPSA) is 41.1 Å². The van der Waals surface area contributed by atoms with Crippen LogP contribution in [0.1, 0.15) is 30.5 Å². The van der Waals surface area contributed by atoms with Crippen molar-refractivity contribution < 1.29 is 18.0 Å². The fraction of sp³-hybridized carbons (Fsp3) is 0.278. The Morgan fingerprint density at radius 2 is 1.79 bits per heavy atom. The molecule has 2 aromatic rings. The highest BCUT2D eigenvalue weighted by atomic mass is 19.4. The van der Waals surface area contributed by atoms with Crippen LogP contribution in [-0.4, -0.2) is 12.5 Å². The lowest BCUT2D eigenvalue weighted by molar-refractivity contribution is -0.137. The second-order valence-electron chi connectivity index (χ2n) is 5.46. The van der Waals surface area contributed by atoms with E-state index < -0.39 is 11.7 Å². The van der Waals surface area contributed by atoms with Gasteiger partial charge < -0.3 is 10.6 Å². The van der Waals surface area contributed by atoms with Gasteiger partial charge in [-0.25, -0.2) is 0 Å². The van der Waals surface area contributed by atoms with Crippen molar-refractivity contribution in [2.75, 3.05) is 11.9 Å². The van der Waals surface area contributed by atoms with Gasteiger partial charge in [-0.1, -0.05) is 36.4 Å². The number of rotatable bonds is 6. The summed E-state index contributed by atoms with van der Waals surface area (Å²) in [5.74, 6) is -0.331. The lowest BCUT2D eigenvalue weighted by atomic mass is 10.1. The number of alkyl halides is 3. The maximum atomic E-state index is 12.6. The van der Waals surface area contributed by atoms with Crippen LogP contribution < -0.4 is 10.6 Å². The molecular weight excluding hydrogens is 317 g/mol. The first-order valence-electron chi connectivity index (χ1n) is 7.61. The normalized spacial score (nSPS) is 12.7. The molecule has 2 rings (SSSR count). The van der Waals surface area contributed by atoms with E-state index in [0.29, 0.717) is 6.54 Å². The summed E-state index contributed by atoms with van der Waals surface area (Å²) >= 11 is 0.